The summed E-state index contributed by atoms with van der Waals surface area (Å²) < 4.78 is 11.7. The number of benzene rings is 1. The number of piperidine rings is 1. The molecule has 1 aliphatic heterocycles. The minimum absolute atomic E-state index is 0.0741. The van der Waals surface area contributed by atoms with Crippen molar-refractivity contribution in [2.75, 3.05) is 40.3 Å². The van der Waals surface area contributed by atoms with Gasteiger partial charge in [-0.15, -0.1) is 0 Å². The summed E-state index contributed by atoms with van der Waals surface area (Å²) in [5.41, 5.74) is 3.07. The van der Waals surface area contributed by atoms with Gasteiger partial charge in [-0.25, -0.2) is 0 Å². The maximum atomic E-state index is 10.3. The lowest BCUT2D eigenvalue weighted by Crippen LogP contribution is -2.41. The molecule has 0 bridgehead atoms. The predicted molar refractivity (Wildman–Crippen MR) is 137 cm³/mol. The van der Waals surface area contributed by atoms with Crippen LogP contribution in [0, 0.1) is 24.7 Å². The number of nitrogens with zero attached hydrogens (tertiary/aromatic N) is 2. The molecule has 2 atom stereocenters. The van der Waals surface area contributed by atoms with E-state index in [0.29, 0.717) is 5.92 Å². The van der Waals surface area contributed by atoms with Gasteiger partial charge in [0.15, 0.2) is 5.58 Å². The molecular weight excluding hydrogens is 426 g/mol. The Kier molecular flexibility index (Phi) is 9.26. The molecule has 2 unspecified atom stereocenters. The predicted octanol–water partition coefficient (Wildman–Crippen LogP) is 4.96. The van der Waals surface area contributed by atoms with Crippen molar-refractivity contribution in [2.45, 2.75) is 77.2 Å². The number of likely N-dealkylation sites (tertiary alicyclic amines) is 1. The average molecular weight is 472 g/mol. The van der Waals surface area contributed by atoms with Gasteiger partial charge >= 0.3 is 0 Å². The van der Waals surface area contributed by atoms with Gasteiger partial charge < -0.3 is 24.6 Å². The van der Waals surface area contributed by atoms with Crippen LogP contribution in [0.1, 0.15) is 69.0 Å². The Bertz CT molecular complexity index is 886. The summed E-state index contributed by atoms with van der Waals surface area (Å²) in [7, 11) is 3.75. The van der Waals surface area contributed by atoms with Crippen LogP contribution in [-0.2, 0) is 6.42 Å². The molecule has 0 spiro atoms. The van der Waals surface area contributed by atoms with E-state index in [-0.39, 0.29) is 6.10 Å². The zero-order chi connectivity index (χ0) is 23.9. The standard InChI is InChI=1S/C26H38N2O3.C2H7N/c1-18-25(30-17-20-6-7-20)11-9-22-23(27-31-26(18)22)10-8-19-12-14-28(15-13-19)16-21-4-2-3-5-24(21)29;1-3-2/h9,11,19-21,24,29H,2-8,10,12-17H2,1H3;3H,1-2H3. The lowest BCUT2D eigenvalue weighted by atomic mass is 9.85. The van der Waals surface area contributed by atoms with Crippen LogP contribution in [-0.4, -0.2) is 61.6 Å². The van der Waals surface area contributed by atoms with Gasteiger partial charge in [0.25, 0.3) is 0 Å². The normalized spacial score (nSPS) is 24.1. The van der Waals surface area contributed by atoms with Gasteiger partial charge in [-0.2, -0.15) is 0 Å². The molecule has 0 radical (unpaired) electrons. The highest BCUT2D eigenvalue weighted by Gasteiger charge is 2.28. The summed E-state index contributed by atoms with van der Waals surface area (Å²) in [4.78, 5) is 2.59. The van der Waals surface area contributed by atoms with Crippen LogP contribution in [0.2, 0.25) is 0 Å². The highest BCUT2D eigenvalue weighted by Crippen LogP contribution is 2.34. The molecule has 3 aliphatic rings. The molecule has 2 N–H and O–H groups in total. The number of nitrogens with one attached hydrogen (secondary N) is 1. The minimum atomic E-state index is -0.0741. The topological polar surface area (TPSA) is 70.8 Å². The third kappa shape index (κ3) is 6.73. The summed E-state index contributed by atoms with van der Waals surface area (Å²) in [6.07, 6.45) is 11.9. The van der Waals surface area contributed by atoms with E-state index in [2.05, 4.69) is 34.4 Å². The summed E-state index contributed by atoms with van der Waals surface area (Å²) in [6.45, 7) is 6.35. The zero-order valence-electron chi connectivity index (χ0n) is 21.5. The molecule has 3 fully saturated rings. The number of aromatic nitrogens is 1. The highest BCUT2D eigenvalue weighted by molar-refractivity contribution is 5.84. The van der Waals surface area contributed by atoms with Crippen LogP contribution in [0.4, 0.5) is 0 Å². The second-order valence-electron chi connectivity index (χ2n) is 10.8. The quantitative estimate of drug-likeness (QED) is 0.567. The lowest BCUT2D eigenvalue weighted by Gasteiger charge is -2.37. The highest BCUT2D eigenvalue weighted by atomic mass is 16.5. The molecule has 1 aromatic heterocycles. The molecule has 2 aromatic rings. The number of aliphatic hydroxyl groups is 1. The Morgan fingerprint density at radius 1 is 1.06 bits per heavy atom. The molecule has 2 heterocycles. The van der Waals surface area contributed by atoms with Crippen LogP contribution in [0.3, 0.4) is 0 Å². The number of hydrogen-bond acceptors (Lipinski definition) is 6. The molecule has 1 saturated heterocycles. The average Bonchev–Trinajstić information content (AvgIpc) is 3.58. The molecule has 6 heteroatoms. The molecule has 0 amide bonds. The summed E-state index contributed by atoms with van der Waals surface area (Å²) in [5, 5.41) is 18.6. The van der Waals surface area contributed by atoms with E-state index in [4.69, 9.17) is 9.26 Å². The van der Waals surface area contributed by atoms with Crippen LogP contribution in [0.25, 0.3) is 11.0 Å². The van der Waals surface area contributed by atoms with Crippen LogP contribution < -0.4 is 10.1 Å². The van der Waals surface area contributed by atoms with Crippen molar-refractivity contribution in [1.29, 1.82) is 0 Å². The first kappa shape index (κ1) is 25.5. The van der Waals surface area contributed by atoms with E-state index in [1.165, 1.54) is 64.5 Å². The van der Waals surface area contributed by atoms with Crippen LogP contribution >= 0.6 is 0 Å². The second-order valence-corrected chi connectivity index (χ2v) is 10.8. The van der Waals surface area contributed by atoms with Gasteiger partial charge in [-0.3, -0.25) is 0 Å². The largest absolute Gasteiger partial charge is 0.493 e. The Morgan fingerprint density at radius 2 is 1.79 bits per heavy atom. The van der Waals surface area contributed by atoms with Gasteiger partial charge in [0.2, 0.25) is 0 Å². The number of fused-ring (bicyclic) bond motifs is 1. The SMILES string of the molecule is CNC.Cc1c(OCC2CC2)ccc2c(CCC3CCN(CC4CCCCC4O)CC3)noc12. The summed E-state index contributed by atoms with van der Waals surface area (Å²) in [5.74, 6) is 2.95. The summed E-state index contributed by atoms with van der Waals surface area (Å²) in [6, 6.07) is 4.23. The fourth-order valence-corrected chi connectivity index (χ4v) is 5.53. The number of rotatable bonds is 8. The maximum Gasteiger partial charge on any atom is 0.173 e. The number of hydrogen-bond donors (Lipinski definition) is 2. The first-order valence-corrected chi connectivity index (χ1v) is 13.6. The maximum absolute atomic E-state index is 10.3. The zero-order valence-corrected chi connectivity index (χ0v) is 21.5. The van der Waals surface area contributed by atoms with Gasteiger partial charge in [0, 0.05) is 17.5 Å². The summed E-state index contributed by atoms with van der Waals surface area (Å²) >= 11 is 0. The minimum Gasteiger partial charge on any atom is -0.493 e. The van der Waals surface area contributed by atoms with Crippen molar-refractivity contribution in [3.05, 3.63) is 23.4 Å². The third-order valence-corrected chi connectivity index (χ3v) is 7.94. The van der Waals surface area contributed by atoms with Crippen LogP contribution in [0.15, 0.2) is 16.7 Å². The Morgan fingerprint density at radius 3 is 2.50 bits per heavy atom. The Balaban J connectivity index is 0.000000868. The van der Waals surface area contributed by atoms with Crippen molar-refractivity contribution in [3.63, 3.8) is 0 Å². The molecule has 2 saturated carbocycles. The molecule has 2 aliphatic carbocycles. The molecule has 5 rings (SSSR count). The second kappa shape index (κ2) is 12.4. The Labute approximate surface area is 205 Å². The number of aryl methyl sites for hydroxylation is 2. The molecule has 6 nitrogen and oxygen atoms in total. The molecule has 34 heavy (non-hydrogen) atoms. The van der Waals surface area contributed by atoms with Gasteiger partial charge in [0.05, 0.1) is 18.4 Å². The number of ether oxygens (including phenoxy) is 1. The van der Waals surface area contributed by atoms with Crippen molar-refractivity contribution in [2.24, 2.45) is 17.8 Å². The third-order valence-electron chi connectivity index (χ3n) is 7.94. The molecular formula is C28H45N3O3. The van der Waals surface area contributed by atoms with E-state index < -0.39 is 0 Å². The van der Waals surface area contributed by atoms with E-state index in [9.17, 15) is 5.11 Å². The van der Waals surface area contributed by atoms with Crippen LogP contribution in [0.5, 0.6) is 5.75 Å². The van der Waals surface area contributed by atoms with Gasteiger partial charge in [-0.1, -0.05) is 18.0 Å². The van der Waals surface area contributed by atoms with Crippen molar-refractivity contribution in [1.82, 2.24) is 15.4 Å². The first-order chi connectivity index (χ1) is 16.6. The monoisotopic (exact) mass is 471 g/mol. The van der Waals surface area contributed by atoms with E-state index in [1.54, 1.807) is 0 Å². The van der Waals surface area contributed by atoms with Crippen molar-refractivity contribution in [3.8, 4) is 5.75 Å². The molecule has 190 valence electrons. The van der Waals surface area contributed by atoms with Gasteiger partial charge in [0.1, 0.15) is 5.75 Å². The smallest absolute Gasteiger partial charge is 0.173 e. The number of aliphatic hydroxyl groups excluding tert-OH is 1. The van der Waals surface area contributed by atoms with E-state index in [0.717, 1.165) is 65.8 Å². The van der Waals surface area contributed by atoms with Crippen molar-refractivity contribution >= 4 is 11.0 Å². The van der Waals surface area contributed by atoms with Crippen molar-refractivity contribution < 1.29 is 14.4 Å². The van der Waals surface area contributed by atoms with E-state index in [1.807, 2.05) is 14.1 Å². The van der Waals surface area contributed by atoms with E-state index >= 15 is 0 Å². The fourth-order valence-electron chi connectivity index (χ4n) is 5.53. The first-order valence-electron chi connectivity index (χ1n) is 13.6. The molecule has 1 aromatic carbocycles. The van der Waals surface area contributed by atoms with Gasteiger partial charge in [-0.05, 0) is 115 Å². The lowest BCUT2D eigenvalue weighted by molar-refractivity contribution is 0.0380. The Hall–Kier alpha value is -1.63. The fraction of sp³-hybridized carbons (Fsp3) is 0.750.